The van der Waals surface area contributed by atoms with Crippen LogP contribution in [0, 0.1) is 29.8 Å². The van der Waals surface area contributed by atoms with Crippen LogP contribution in [0.1, 0.15) is 118 Å². The van der Waals surface area contributed by atoms with E-state index in [4.69, 9.17) is 29.7 Å². The first-order valence-electron chi connectivity index (χ1n) is 30.2. The zero-order valence-electron chi connectivity index (χ0n) is 51.8. The summed E-state index contributed by atoms with van der Waals surface area (Å²) in [6, 6.07) is 39.2. The molecule has 19 nitrogen and oxygen atoms in total. The van der Waals surface area contributed by atoms with Crippen molar-refractivity contribution in [2.45, 2.75) is 113 Å². The molecule has 3 saturated carbocycles. The fourth-order valence-corrected chi connectivity index (χ4v) is 16.3. The summed E-state index contributed by atoms with van der Waals surface area (Å²) in [6.07, 6.45) is 14.6. The first-order chi connectivity index (χ1) is 47.0. The van der Waals surface area contributed by atoms with Gasteiger partial charge in [0.25, 0.3) is 23.4 Å². The van der Waals surface area contributed by atoms with Crippen molar-refractivity contribution in [2.24, 2.45) is 0 Å². The summed E-state index contributed by atoms with van der Waals surface area (Å²) in [5.74, 6) is 1.58. The molecule has 98 heavy (non-hydrogen) atoms. The summed E-state index contributed by atoms with van der Waals surface area (Å²) in [7, 11) is 1.91. The Labute approximate surface area is 675 Å². The number of benzene rings is 3. The predicted molar refractivity (Wildman–Crippen MR) is 445 cm³/mol. The van der Waals surface area contributed by atoms with Crippen molar-refractivity contribution in [3.05, 3.63) is 210 Å². The van der Waals surface area contributed by atoms with Gasteiger partial charge in [-0.25, -0.2) is 24.5 Å². The number of halogens is 9. The molecule has 0 spiro atoms. The van der Waals surface area contributed by atoms with Crippen LogP contribution in [-0.4, -0.2) is 87.8 Å². The molecule has 3 fully saturated rings. The number of hydrogen-bond donors (Lipinski definition) is 3. The summed E-state index contributed by atoms with van der Waals surface area (Å²) in [6.45, 7) is 21.7. The van der Waals surface area contributed by atoms with Gasteiger partial charge >= 0.3 is 50.5 Å². The molecule has 31 heteroatoms. The van der Waals surface area contributed by atoms with E-state index in [9.17, 15) is 24.5 Å². The topological polar surface area (TPSA) is 208 Å². The summed E-state index contributed by atoms with van der Waals surface area (Å²) in [5, 5.41) is 20.8. The Kier molecular flexibility index (Phi) is 32.1. The number of carbonyl (C=O) groups excluding carboxylic acids is 3. The largest absolute Gasteiger partial charge is 0.377 e. The van der Waals surface area contributed by atoms with Crippen LogP contribution in [0.2, 0.25) is 0 Å². The molecule has 13 rings (SSSR count). The summed E-state index contributed by atoms with van der Waals surface area (Å²) < 4.78 is 7.35. The summed E-state index contributed by atoms with van der Waals surface area (Å²) in [5.41, 5.74) is 6.93. The molecule has 6 unspecified atom stereocenters. The number of nitrogens with one attached hydrogen (secondary N) is 3. The molecule has 7 aromatic heterocycles. The third-order valence-electron chi connectivity index (χ3n) is 16.6. The van der Waals surface area contributed by atoms with E-state index in [-0.39, 0.29) is 89.3 Å². The van der Waals surface area contributed by atoms with Crippen molar-refractivity contribution in [3.8, 4) is 23.0 Å². The molecule has 7 heterocycles. The molecular formula is C67H60Br3I6N14O5S3-. The zero-order valence-corrected chi connectivity index (χ0v) is 72.2. The second-order valence-electron chi connectivity index (χ2n) is 22.6. The number of anilines is 1. The number of carbonyl (C=O) groups is 3. The van der Waals surface area contributed by atoms with Crippen molar-refractivity contribution in [1.29, 1.82) is 0 Å². The molecule has 3 aliphatic rings. The molecule has 3 amide bonds. The van der Waals surface area contributed by atoms with Gasteiger partial charge in [0.05, 0.1) is 72.7 Å². The number of nitrogens with zero attached hydrogens (tertiary/aromatic N) is 11. The van der Waals surface area contributed by atoms with Gasteiger partial charge in [0.1, 0.15) is 17.1 Å². The van der Waals surface area contributed by atoms with Gasteiger partial charge < -0.3 is 30.0 Å². The number of pyridine rings is 2. The standard InChI is InChI=1S/C25H22BrN5OS.C24H20BrN5OS.C18H17BrN4O3S.I3.I2.HI/c1-27-16-9-10-21-20(14-16)29-24(19-8-3-4-13-28-19)31(21)18-7-5-6-17(15-18)30(2)25(32)22-11-12-23(26)33-22;1-26-15-8-9-20-19(14-15)29-23(18-7-2-3-12-27-18)30(20)17-6-4-5-16(13-17)28-24(31)21-10-11-22(25)32-21;1-20-11-5-6-14(15(10-11)23(25)26)21-12-3-2-4-13(9-12)22-18(24)16-7-8-17(19)27-16;1-3-2;1-2;/h3-4,8-14,17-18H,5-7,15H2,2H3;2-3,7-12,14,16-17H,4-6,13H2,(H,28,31);5-8,10,12-13,21H,2-4,9H2,(H,22,24);;;1H/q;;;-1;;. The molecule has 10 aromatic rings. The Morgan fingerprint density at radius 3 is 1.50 bits per heavy atom. The van der Waals surface area contributed by atoms with Gasteiger partial charge in [0, 0.05) is 99.0 Å². The number of nitro benzene ring substituents is 1. The van der Waals surface area contributed by atoms with Gasteiger partial charge in [0.15, 0.2) is 28.7 Å². The molecule has 510 valence electrons. The normalized spacial score (nSPS) is 17.7. The fourth-order valence-electron chi connectivity index (χ4n) is 12.3. The molecule has 3 aromatic carbocycles. The molecular weight excluding hydrogens is 2180 g/mol. The average molecular weight is 2240 g/mol. The van der Waals surface area contributed by atoms with Gasteiger partial charge in [-0.15, -0.1) is 58.0 Å². The number of aromatic nitrogens is 6. The minimum Gasteiger partial charge on any atom is -0.377 e. The first kappa shape index (κ1) is 79.6. The van der Waals surface area contributed by atoms with E-state index in [1.54, 1.807) is 30.6 Å². The number of amides is 3. The minimum atomic E-state index is -0.478. The van der Waals surface area contributed by atoms with Crippen molar-refractivity contribution >= 4 is 248 Å². The van der Waals surface area contributed by atoms with Crippen LogP contribution in [0.15, 0.2) is 151 Å². The van der Waals surface area contributed by atoms with Crippen LogP contribution >= 0.6 is 180 Å². The molecule has 0 saturated heterocycles. The van der Waals surface area contributed by atoms with Crippen LogP contribution < -0.4 is 29.2 Å². The maximum absolute atomic E-state index is 13.1. The third kappa shape index (κ3) is 21.1. The molecule has 3 aliphatic carbocycles. The van der Waals surface area contributed by atoms with E-state index in [0.29, 0.717) is 46.5 Å². The van der Waals surface area contributed by atoms with Gasteiger partial charge in [0.2, 0.25) is 0 Å². The van der Waals surface area contributed by atoms with Gasteiger partial charge in [-0.2, -0.15) is 0 Å². The van der Waals surface area contributed by atoms with Gasteiger partial charge in [-0.3, -0.25) is 34.5 Å². The SMILES string of the molecule is I.II.I[I-]I.[C-]#[N+]c1ccc(NC2CCCC(NC(=O)c3ccc(Br)s3)C2)c([N+](=O)[O-])c1.[C-]#[N+]c1ccc2c(c1)nc(-c1ccccn1)n2C1CCCC(N(C)C(=O)c2ccc(Br)s2)C1.[C-]#[N+]c1ccc2c(c1)nc(-c1ccccn1)n2C1CCCC(NC(=O)c2ccc(Br)s2)C1. The van der Waals surface area contributed by atoms with Crippen molar-refractivity contribution in [3.63, 3.8) is 0 Å². The molecule has 0 aliphatic heterocycles. The van der Waals surface area contributed by atoms with E-state index in [0.717, 1.165) is 132 Å². The van der Waals surface area contributed by atoms with Crippen LogP contribution in [0.3, 0.4) is 0 Å². The van der Waals surface area contributed by atoms with E-state index in [1.165, 1.54) is 40.1 Å². The number of rotatable bonds is 13. The number of nitro groups is 1. The average Bonchev–Trinajstić information content (AvgIpc) is 1.62. The molecule has 6 atom stereocenters. The number of imidazole rings is 2. The van der Waals surface area contributed by atoms with E-state index >= 15 is 0 Å². The van der Waals surface area contributed by atoms with Gasteiger partial charge in [-0.05, 0) is 216 Å². The second-order valence-corrected chi connectivity index (χ2v) is 46.2. The third-order valence-corrected chi connectivity index (χ3v) is 21.5. The van der Waals surface area contributed by atoms with Gasteiger partial charge in [-0.1, -0.05) is 30.3 Å². The Balaban J connectivity index is 0.000000181. The summed E-state index contributed by atoms with van der Waals surface area (Å²) in [4.78, 5) is 82.2. The molecule has 3 N–H and O–H groups in total. The Bertz CT molecular complexity index is 4520. The first-order valence-corrected chi connectivity index (χ1v) is 53.9. The number of fused-ring (bicyclic) bond motifs is 2. The number of thiophene rings is 3. The Morgan fingerprint density at radius 1 is 0.602 bits per heavy atom. The van der Waals surface area contributed by atoms with Crippen LogP contribution in [-0.2, 0) is 0 Å². The van der Waals surface area contributed by atoms with E-state index < -0.39 is 4.92 Å². The van der Waals surface area contributed by atoms with Crippen LogP contribution in [0.25, 0.3) is 59.6 Å². The van der Waals surface area contributed by atoms with E-state index in [1.807, 2.05) is 115 Å². The minimum absolute atomic E-state index is 0. The maximum Gasteiger partial charge on any atom is 0.282 e. The van der Waals surface area contributed by atoms with Crippen LogP contribution in [0.4, 0.5) is 28.4 Å². The monoisotopic (exact) mass is 2230 g/mol. The van der Waals surface area contributed by atoms with E-state index in [2.05, 4.69) is 172 Å². The van der Waals surface area contributed by atoms with Crippen molar-refractivity contribution in [2.75, 3.05) is 12.4 Å². The second kappa shape index (κ2) is 39.5. The predicted octanol–water partition coefficient (Wildman–Crippen LogP) is 19.4. The quantitative estimate of drug-likeness (QED) is 0.0430. The van der Waals surface area contributed by atoms with Crippen molar-refractivity contribution < 1.29 is 32.6 Å². The Hall–Kier alpha value is -4.10. The summed E-state index contributed by atoms with van der Waals surface area (Å²) >= 11 is 24.1. The van der Waals surface area contributed by atoms with Crippen molar-refractivity contribution in [1.82, 2.24) is 44.6 Å². The smallest absolute Gasteiger partial charge is 0.282 e. The van der Waals surface area contributed by atoms with Crippen LogP contribution in [0.5, 0.6) is 0 Å². The zero-order chi connectivity index (χ0) is 69.1. The maximum atomic E-state index is 13.1. The Morgan fingerprint density at radius 2 is 1.04 bits per heavy atom. The molecule has 0 radical (unpaired) electrons. The fraction of sp³-hybridized carbons (Fsp3) is 0.284. The number of hydrogen-bond acceptors (Lipinski definition) is 13. The molecule has 0 bridgehead atoms.